The van der Waals surface area contributed by atoms with Crippen LogP contribution in [0.4, 0.5) is 17.6 Å². The first kappa shape index (κ1) is 26.0. The molecule has 0 aliphatic carbocycles. The van der Waals surface area contributed by atoms with Gasteiger partial charge in [-0.05, 0) is 35.4 Å². The van der Waals surface area contributed by atoms with Crippen LogP contribution in [0, 0.1) is 34.4 Å². The fourth-order valence-electron chi connectivity index (χ4n) is 2.96. The molecular weight excluding hydrogens is 504 g/mol. The van der Waals surface area contributed by atoms with Gasteiger partial charge in [0.2, 0.25) is 0 Å². The molecule has 0 heterocycles. The predicted octanol–water partition coefficient (Wildman–Crippen LogP) is 5.41. The summed E-state index contributed by atoms with van der Waals surface area (Å²) in [4.78, 5) is 16.8. The number of rotatable bonds is 7. The zero-order valence-corrected chi connectivity index (χ0v) is 19.2. The number of amides is 1. The molecule has 0 fully saturated rings. The molecule has 0 radical (unpaired) electrons. The standard InChI is InChI=1S/C23H19BrF4N4O/c1-13(2)20(31-18(12-30)10-16-4-3-14(11-29)9-19(16)25)22(33)32-21(23(26,27)28)15-5-7-17(24)8-6-15/h3-9,13,18,21H,10H2,1-2H3,(H,32,33)/t18-,21-/m0/s1. The summed E-state index contributed by atoms with van der Waals surface area (Å²) in [6, 6.07) is 9.18. The number of halogens is 5. The van der Waals surface area contributed by atoms with E-state index < -0.39 is 35.9 Å². The molecule has 2 atom stereocenters. The SMILES string of the molecule is CC(C)C(=N[C@H](C#N)Cc1ccc(C#N)cc1F)C(=O)N[C@@H](c1ccc(Br)cc1)C(F)(F)F. The van der Waals surface area contributed by atoms with E-state index in [4.69, 9.17) is 5.26 Å². The number of aliphatic imine (C=N–C) groups is 1. The third-order valence-electron chi connectivity index (χ3n) is 4.62. The number of hydrogen-bond acceptors (Lipinski definition) is 4. The Labute approximate surface area is 196 Å². The molecule has 2 aromatic carbocycles. The minimum Gasteiger partial charge on any atom is -0.336 e. The molecule has 1 amide bonds. The lowest BCUT2D eigenvalue weighted by Gasteiger charge is -2.23. The van der Waals surface area contributed by atoms with Gasteiger partial charge in [0.05, 0.1) is 17.7 Å². The first-order valence-corrected chi connectivity index (χ1v) is 10.5. The second-order valence-electron chi connectivity index (χ2n) is 7.44. The first-order valence-electron chi connectivity index (χ1n) is 9.75. The number of hydrogen-bond donors (Lipinski definition) is 1. The zero-order valence-electron chi connectivity index (χ0n) is 17.6. The Hall–Kier alpha value is -3.24. The first-order chi connectivity index (χ1) is 15.5. The second kappa shape index (κ2) is 11.1. The zero-order chi connectivity index (χ0) is 24.8. The Morgan fingerprint density at radius 2 is 1.79 bits per heavy atom. The molecule has 2 aromatic rings. The maximum absolute atomic E-state index is 14.2. The Balaban J connectivity index is 2.32. The molecule has 2 rings (SSSR count). The van der Waals surface area contributed by atoms with Crippen LogP contribution in [0.1, 0.15) is 36.6 Å². The van der Waals surface area contributed by atoms with Crippen molar-refractivity contribution in [3.8, 4) is 12.1 Å². The Morgan fingerprint density at radius 1 is 1.15 bits per heavy atom. The number of alkyl halides is 3. The summed E-state index contributed by atoms with van der Waals surface area (Å²) in [5.41, 5.74) is -0.238. The van der Waals surface area contributed by atoms with Crippen molar-refractivity contribution in [2.75, 3.05) is 0 Å². The quantitative estimate of drug-likeness (QED) is 0.389. The molecule has 0 aromatic heterocycles. The monoisotopic (exact) mass is 522 g/mol. The summed E-state index contributed by atoms with van der Waals surface area (Å²) in [6.07, 6.45) is -4.99. The fraction of sp³-hybridized carbons (Fsp3) is 0.304. The Morgan fingerprint density at radius 3 is 2.27 bits per heavy atom. The molecule has 0 saturated carbocycles. The summed E-state index contributed by atoms with van der Waals surface area (Å²) >= 11 is 3.15. The van der Waals surface area contributed by atoms with E-state index in [2.05, 4.69) is 20.9 Å². The number of nitriles is 2. The van der Waals surface area contributed by atoms with Gasteiger partial charge in [-0.1, -0.05) is 48.0 Å². The Bertz CT molecular complexity index is 1120. The van der Waals surface area contributed by atoms with Crippen LogP contribution in [0.25, 0.3) is 0 Å². The molecule has 0 spiro atoms. The highest BCUT2D eigenvalue weighted by atomic mass is 79.9. The number of carbonyl (C=O) groups is 1. The normalized spacial score (nSPS) is 13.7. The van der Waals surface area contributed by atoms with E-state index in [1.54, 1.807) is 19.9 Å². The molecule has 0 saturated heterocycles. The topological polar surface area (TPSA) is 89.0 Å². The van der Waals surface area contributed by atoms with Gasteiger partial charge < -0.3 is 5.32 Å². The van der Waals surface area contributed by atoms with Crippen molar-refractivity contribution in [3.63, 3.8) is 0 Å². The van der Waals surface area contributed by atoms with Crippen molar-refractivity contribution >= 4 is 27.5 Å². The lowest BCUT2D eigenvalue weighted by atomic mass is 10.0. The highest BCUT2D eigenvalue weighted by Crippen LogP contribution is 2.33. The molecule has 0 aliphatic rings. The highest BCUT2D eigenvalue weighted by molar-refractivity contribution is 9.10. The predicted molar refractivity (Wildman–Crippen MR) is 118 cm³/mol. The molecule has 33 heavy (non-hydrogen) atoms. The molecule has 5 nitrogen and oxygen atoms in total. The average molecular weight is 523 g/mol. The van der Waals surface area contributed by atoms with Gasteiger partial charge in [-0.3, -0.25) is 9.79 Å². The summed E-state index contributed by atoms with van der Waals surface area (Å²) in [5.74, 6) is -2.39. The van der Waals surface area contributed by atoms with Crippen molar-refractivity contribution in [3.05, 3.63) is 69.4 Å². The lowest BCUT2D eigenvalue weighted by molar-refractivity contribution is -0.161. The molecule has 0 aliphatic heterocycles. The van der Waals surface area contributed by atoms with E-state index >= 15 is 0 Å². The molecule has 1 N–H and O–H groups in total. The van der Waals surface area contributed by atoms with Gasteiger partial charge in [-0.25, -0.2) is 4.39 Å². The van der Waals surface area contributed by atoms with Crippen molar-refractivity contribution in [1.29, 1.82) is 10.5 Å². The summed E-state index contributed by atoms with van der Waals surface area (Å²) in [7, 11) is 0. The number of nitrogens with zero attached hydrogens (tertiary/aromatic N) is 3. The minimum absolute atomic E-state index is 0.0934. The minimum atomic E-state index is -4.77. The maximum Gasteiger partial charge on any atom is 0.412 e. The van der Waals surface area contributed by atoms with Crippen LogP contribution in [-0.4, -0.2) is 23.8 Å². The van der Waals surface area contributed by atoms with Crippen molar-refractivity contribution in [2.45, 2.75) is 38.5 Å². The van der Waals surface area contributed by atoms with Gasteiger partial charge in [0.1, 0.15) is 17.6 Å². The summed E-state index contributed by atoms with van der Waals surface area (Å²) in [5, 5.41) is 20.3. The summed E-state index contributed by atoms with van der Waals surface area (Å²) in [6.45, 7) is 3.11. The lowest BCUT2D eigenvalue weighted by Crippen LogP contribution is -2.43. The van der Waals surface area contributed by atoms with Crippen LogP contribution in [-0.2, 0) is 11.2 Å². The Kier molecular flexibility index (Phi) is 8.72. The molecule has 10 heteroatoms. The third kappa shape index (κ3) is 7.13. The van der Waals surface area contributed by atoms with Gasteiger partial charge in [-0.15, -0.1) is 0 Å². The van der Waals surface area contributed by atoms with E-state index in [1.807, 2.05) is 11.4 Å². The van der Waals surface area contributed by atoms with Crippen LogP contribution < -0.4 is 5.32 Å². The van der Waals surface area contributed by atoms with E-state index in [0.717, 1.165) is 6.07 Å². The van der Waals surface area contributed by atoms with Gasteiger partial charge in [-0.2, -0.15) is 23.7 Å². The number of nitrogens with one attached hydrogen (secondary N) is 1. The van der Waals surface area contributed by atoms with Crippen molar-refractivity contribution in [2.24, 2.45) is 10.9 Å². The van der Waals surface area contributed by atoms with Crippen LogP contribution in [0.3, 0.4) is 0 Å². The molecule has 0 bridgehead atoms. The van der Waals surface area contributed by atoms with E-state index in [-0.39, 0.29) is 28.8 Å². The second-order valence-corrected chi connectivity index (χ2v) is 8.35. The molecule has 0 unspecified atom stereocenters. The fourth-order valence-corrected chi connectivity index (χ4v) is 3.23. The average Bonchev–Trinajstić information content (AvgIpc) is 2.75. The molecule has 172 valence electrons. The van der Waals surface area contributed by atoms with Crippen LogP contribution >= 0.6 is 15.9 Å². The van der Waals surface area contributed by atoms with Gasteiger partial charge in [0.25, 0.3) is 5.91 Å². The molecular formula is C23H19BrF4N4O. The van der Waals surface area contributed by atoms with Gasteiger partial charge in [0.15, 0.2) is 6.04 Å². The smallest absolute Gasteiger partial charge is 0.336 e. The van der Waals surface area contributed by atoms with Gasteiger partial charge >= 0.3 is 6.18 Å². The van der Waals surface area contributed by atoms with Crippen molar-refractivity contribution < 1.29 is 22.4 Å². The van der Waals surface area contributed by atoms with Gasteiger partial charge in [0, 0.05) is 16.8 Å². The third-order valence-corrected chi connectivity index (χ3v) is 5.15. The van der Waals surface area contributed by atoms with E-state index in [1.165, 1.54) is 36.4 Å². The van der Waals surface area contributed by atoms with Crippen LogP contribution in [0.2, 0.25) is 0 Å². The highest BCUT2D eigenvalue weighted by Gasteiger charge is 2.42. The number of carbonyl (C=O) groups excluding carboxylic acids is 1. The van der Waals surface area contributed by atoms with E-state index in [0.29, 0.717) is 4.47 Å². The van der Waals surface area contributed by atoms with Crippen LogP contribution in [0.5, 0.6) is 0 Å². The maximum atomic E-state index is 14.2. The number of benzene rings is 2. The summed E-state index contributed by atoms with van der Waals surface area (Å²) < 4.78 is 55.8. The van der Waals surface area contributed by atoms with Crippen molar-refractivity contribution in [1.82, 2.24) is 5.32 Å². The van der Waals surface area contributed by atoms with E-state index in [9.17, 15) is 27.6 Å². The van der Waals surface area contributed by atoms with Crippen LogP contribution in [0.15, 0.2) is 51.9 Å². The largest absolute Gasteiger partial charge is 0.412 e.